The molecule has 1 unspecified atom stereocenters. The highest BCUT2D eigenvalue weighted by Crippen LogP contribution is 2.60. The van der Waals surface area contributed by atoms with Crippen molar-refractivity contribution in [2.24, 2.45) is 0 Å². The maximum Gasteiger partial charge on any atom is 0.414 e. The van der Waals surface area contributed by atoms with E-state index in [4.69, 9.17) is 44.3 Å². The van der Waals surface area contributed by atoms with Crippen LogP contribution < -0.4 is 10.1 Å². The van der Waals surface area contributed by atoms with Crippen LogP contribution in [0.25, 0.3) is 11.0 Å². The lowest BCUT2D eigenvalue weighted by molar-refractivity contribution is -0.206. The van der Waals surface area contributed by atoms with Crippen molar-refractivity contribution in [1.82, 2.24) is 25.1 Å². The molecule has 0 bridgehead atoms. The molecule has 2 aromatic heterocycles. The van der Waals surface area contributed by atoms with Crippen LogP contribution in [0.1, 0.15) is 66.5 Å². The zero-order valence-corrected chi connectivity index (χ0v) is 26.5. The molecule has 2 N–H and O–H groups in total. The van der Waals surface area contributed by atoms with Gasteiger partial charge in [-0.05, 0) is 59.1 Å². The molecule has 1 saturated carbocycles. The molecule has 43 heavy (non-hydrogen) atoms. The molecule has 3 fully saturated rings. The summed E-state index contributed by atoms with van der Waals surface area (Å²) in [6, 6.07) is 0.0533. The summed E-state index contributed by atoms with van der Waals surface area (Å²) in [6.07, 6.45) is 1.80. The SMILES string of the molecule is CCOP(=O)(OCC)C(C)(CO)OC[C@H]1O[C@@H](n2ncc3c(OC(=O)NC4CCCC4)nc(Cl)nc32)[C@@H]2OC(C)(C)O[C@@H]21. The van der Waals surface area contributed by atoms with Crippen LogP contribution >= 0.6 is 19.2 Å². The van der Waals surface area contributed by atoms with Crippen molar-refractivity contribution >= 4 is 36.3 Å². The minimum absolute atomic E-state index is 0.0450. The Balaban J connectivity index is 1.39. The molecule has 5 atom stereocenters. The number of aliphatic hydroxyl groups is 1. The zero-order valence-electron chi connectivity index (χ0n) is 24.9. The molecule has 4 heterocycles. The second-order valence-electron chi connectivity index (χ2n) is 11.2. The smallest absolute Gasteiger partial charge is 0.393 e. The summed E-state index contributed by atoms with van der Waals surface area (Å²) >= 11 is 6.24. The number of amides is 1. The van der Waals surface area contributed by atoms with E-state index < -0.39 is 56.0 Å². The van der Waals surface area contributed by atoms with Gasteiger partial charge in [0.2, 0.25) is 11.2 Å². The van der Waals surface area contributed by atoms with Gasteiger partial charge in [0, 0.05) is 6.04 Å². The first-order valence-corrected chi connectivity index (χ1v) is 16.4. The number of fused-ring (bicyclic) bond motifs is 2. The number of ether oxygens (including phenoxy) is 5. The third-order valence-corrected chi connectivity index (χ3v) is 10.4. The molecule has 2 saturated heterocycles. The maximum absolute atomic E-state index is 13.5. The molecule has 2 aliphatic heterocycles. The van der Waals surface area contributed by atoms with Gasteiger partial charge in [-0.25, -0.2) is 9.48 Å². The Bertz CT molecular complexity index is 1350. The van der Waals surface area contributed by atoms with E-state index in [1.807, 2.05) is 0 Å². The van der Waals surface area contributed by atoms with Crippen LogP contribution in [0.15, 0.2) is 6.20 Å². The van der Waals surface area contributed by atoms with E-state index in [1.165, 1.54) is 17.8 Å². The Morgan fingerprint density at radius 2 is 1.88 bits per heavy atom. The molecular weight excluding hydrogens is 609 g/mol. The van der Waals surface area contributed by atoms with Crippen LogP contribution in [-0.4, -0.2) is 92.9 Å². The van der Waals surface area contributed by atoms with Crippen LogP contribution in [0.4, 0.5) is 4.79 Å². The second kappa shape index (κ2) is 12.8. The van der Waals surface area contributed by atoms with E-state index in [0.717, 1.165) is 25.7 Å². The lowest BCUT2D eigenvalue weighted by Crippen LogP contribution is -2.40. The molecule has 240 valence electrons. The summed E-state index contributed by atoms with van der Waals surface area (Å²) in [7, 11) is -3.88. The largest absolute Gasteiger partial charge is 0.414 e. The normalized spacial score (nSPS) is 27.0. The van der Waals surface area contributed by atoms with E-state index in [9.17, 15) is 14.5 Å². The van der Waals surface area contributed by atoms with Gasteiger partial charge in [0.15, 0.2) is 23.0 Å². The number of nitrogens with one attached hydrogen (secondary N) is 1. The lowest BCUT2D eigenvalue weighted by atomic mass is 10.1. The predicted molar refractivity (Wildman–Crippen MR) is 152 cm³/mol. The number of aromatic nitrogens is 4. The highest BCUT2D eigenvalue weighted by Gasteiger charge is 2.58. The monoisotopic (exact) mass is 647 g/mol. The van der Waals surface area contributed by atoms with Gasteiger partial charge in [0.25, 0.3) is 0 Å². The molecule has 0 radical (unpaired) electrons. The molecule has 17 heteroatoms. The fourth-order valence-corrected chi connectivity index (χ4v) is 7.47. The van der Waals surface area contributed by atoms with Gasteiger partial charge in [-0.1, -0.05) is 12.8 Å². The third kappa shape index (κ3) is 6.56. The summed E-state index contributed by atoms with van der Waals surface area (Å²) in [4.78, 5) is 21.0. The van der Waals surface area contributed by atoms with E-state index >= 15 is 0 Å². The molecule has 2 aromatic rings. The Kier molecular flexibility index (Phi) is 9.67. The Labute approximate surface area is 254 Å². The number of hydrogen-bond acceptors (Lipinski definition) is 13. The van der Waals surface area contributed by atoms with Gasteiger partial charge in [-0.15, -0.1) is 0 Å². The van der Waals surface area contributed by atoms with Crippen molar-refractivity contribution in [1.29, 1.82) is 0 Å². The second-order valence-corrected chi connectivity index (χ2v) is 14.0. The van der Waals surface area contributed by atoms with Crippen LogP contribution in [-0.2, 0) is 32.6 Å². The van der Waals surface area contributed by atoms with E-state index in [0.29, 0.717) is 5.39 Å². The number of rotatable bonds is 12. The standard InChI is InChI=1S/C26H39ClN5O10P/c1-6-37-43(35,38-7-2)26(5,14-33)36-13-17-18-19(42-25(3,4)41-18)22(39-17)32-20-16(12-28-32)21(31-23(27)30-20)40-24(34)29-15-10-8-9-11-15/h12,15,17-19,22,33H,6-11,13-14H2,1-5H3,(H,29,34)/t17-,18-,19-,22-,26?/m1/s1. The van der Waals surface area contributed by atoms with E-state index in [2.05, 4.69) is 20.4 Å². The average molecular weight is 648 g/mol. The minimum atomic E-state index is -3.88. The number of aliphatic hydroxyl groups excluding tert-OH is 1. The first-order chi connectivity index (χ1) is 20.4. The molecule has 1 amide bonds. The first kappa shape index (κ1) is 32.5. The van der Waals surface area contributed by atoms with Gasteiger partial charge in [-0.2, -0.15) is 15.1 Å². The molecule has 1 aliphatic carbocycles. The first-order valence-electron chi connectivity index (χ1n) is 14.5. The maximum atomic E-state index is 13.5. The highest BCUT2D eigenvalue weighted by atomic mass is 35.5. The number of hydrogen-bond donors (Lipinski definition) is 2. The number of nitrogens with zero attached hydrogens (tertiary/aromatic N) is 4. The Morgan fingerprint density at radius 3 is 2.53 bits per heavy atom. The predicted octanol–water partition coefficient (Wildman–Crippen LogP) is 3.92. The number of carbonyl (C=O) groups excluding carboxylic acids is 1. The average Bonchev–Trinajstić information content (AvgIpc) is 3.72. The Morgan fingerprint density at radius 1 is 1.21 bits per heavy atom. The summed E-state index contributed by atoms with van der Waals surface area (Å²) in [5.41, 5.74) is 0.250. The quantitative estimate of drug-likeness (QED) is 0.251. The van der Waals surface area contributed by atoms with E-state index in [-0.39, 0.29) is 42.7 Å². The van der Waals surface area contributed by atoms with Crippen molar-refractivity contribution in [2.75, 3.05) is 26.4 Å². The van der Waals surface area contributed by atoms with E-state index in [1.54, 1.807) is 27.7 Å². The van der Waals surface area contributed by atoms with Crippen LogP contribution in [0.2, 0.25) is 5.28 Å². The van der Waals surface area contributed by atoms with Gasteiger partial charge < -0.3 is 43.2 Å². The highest BCUT2D eigenvalue weighted by molar-refractivity contribution is 7.55. The molecule has 5 rings (SSSR count). The summed E-state index contributed by atoms with van der Waals surface area (Å²) in [6.45, 7) is 7.76. The van der Waals surface area contributed by atoms with Crippen molar-refractivity contribution in [3.05, 3.63) is 11.5 Å². The molecule has 0 aromatic carbocycles. The number of carbonyl (C=O) groups is 1. The molecular formula is C26H39ClN5O10P. The van der Waals surface area contributed by atoms with Crippen LogP contribution in [0, 0.1) is 0 Å². The summed E-state index contributed by atoms with van der Waals surface area (Å²) in [5, 5.41) is 16.0. The minimum Gasteiger partial charge on any atom is -0.393 e. The van der Waals surface area contributed by atoms with Crippen molar-refractivity contribution in [2.45, 2.75) is 102 Å². The third-order valence-electron chi connectivity index (χ3n) is 7.65. The van der Waals surface area contributed by atoms with Gasteiger partial charge in [0.1, 0.15) is 23.7 Å². The Hall–Kier alpha value is -1.94. The molecule has 15 nitrogen and oxygen atoms in total. The lowest BCUT2D eigenvalue weighted by Gasteiger charge is -2.35. The number of halogens is 1. The molecule has 3 aliphatic rings. The summed E-state index contributed by atoms with van der Waals surface area (Å²) in [5.74, 6) is -1.01. The van der Waals surface area contributed by atoms with Crippen molar-refractivity contribution in [3.8, 4) is 5.88 Å². The van der Waals surface area contributed by atoms with Crippen molar-refractivity contribution in [3.63, 3.8) is 0 Å². The van der Waals surface area contributed by atoms with Crippen molar-refractivity contribution < 1.29 is 47.2 Å². The summed E-state index contributed by atoms with van der Waals surface area (Å²) < 4.78 is 56.2. The van der Waals surface area contributed by atoms with Gasteiger partial charge in [-0.3, -0.25) is 4.57 Å². The fraction of sp³-hybridized carbons (Fsp3) is 0.769. The molecule has 0 spiro atoms. The van der Waals surface area contributed by atoms with Gasteiger partial charge in [0.05, 0.1) is 32.6 Å². The zero-order chi connectivity index (χ0) is 31.0. The van der Waals surface area contributed by atoms with Crippen LogP contribution in [0.3, 0.4) is 0 Å². The fourth-order valence-electron chi connectivity index (χ4n) is 5.61. The van der Waals surface area contributed by atoms with Crippen LogP contribution in [0.5, 0.6) is 5.88 Å². The topological polar surface area (TPSA) is 175 Å². The van der Waals surface area contributed by atoms with Gasteiger partial charge >= 0.3 is 13.7 Å².